The van der Waals surface area contributed by atoms with Crippen molar-refractivity contribution < 1.29 is 27.6 Å². The van der Waals surface area contributed by atoms with Crippen LogP contribution >= 0.6 is 0 Å². The first-order valence-corrected chi connectivity index (χ1v) is 6.50. The van der Waals surface area contributed by atoms with E-state index in [4.69, 9.17) is 0 Å². The van der Waals surface area contributed by atoms with Gasteiger partial charge >= 0.3 is 5.97 Å². The normalized spacial score (nSPS) is 9.45. The predicted octanol–water partition coefficient (Wildman–Crippen LogP) is -0.556. The molecule has 0 heterocycles. The van der Waals surface area contributed by atoms with E-state index in [1.165, 1.54) is 0 Å². The topological polar surface area (TPSA) is 107 Å². The molecule has 0 bridgehead atoms. The summed E-state index contributed by atoms with van der Waals surface area (Å²) >= 11 is 0. The van der Waals surface area contributed by atoms with Gasteiger partial charge in [0.05, 0.1) is 0 Å². The first-order chi connectivity index (χ1) is 9.41. The van der Waals surface area contributed by atoms with Crippen molar-refractivity contribution in [3.63, 3.8) is 0 Å². The van der Waals surface area contributed by atoms with Crippen LogP contribution in [0.1, 0.15) is 12.5 Å². The lowest BCUT2D eigenvalue weighted by atomic mass is 10.1. The zero-order chi connectivity index (χ0) is 15.1. The minimum absolute atomic E-state index is 0.265. The molecule has 1 aromatic carbocycles. The molecule has 20 heavy (non-hydrogen) atoms. The summed E-state index contributed by atoms with van der Waals surface area (Å²) in [7, 11) is -3.06. The van der Waals surface area contributed by atoms with E-state index in [1.807, 2.05) is 0 Å². The number of nitrogens with one attached hydrogen (secondary N) is 1. The Hall–Kier alpha value is -2.48. The molecule has 0 atom stereocenters. The Labute approximate surface area is 116 Å². The highest BCUT2D eigenvalue weighted by Crippen LogP contribution is 2.01. The second kappa shape index (κ2) is 7.19. The van der Waals surface area contributed by atoms with E-state index in [9.17, 15) is 22.8 Å². The van der Waals surface area contributed by atoms with Crippen molar-refractivity contribution in [2.24, 2.45) is 0 Å². The molecule has 0 fully saturated rings. The third-order valence-electron chi connectivity index (χ3n) is 2.10. The van der Waals surface area contributed by atoms with Crippen LogP contribution in [0.2, 0.25) is 0 Å². The maximum absolute atomic E-state index is 11.8. The number of benzene rings is 1. The van der Waals surface area contributed by atoms with E-state index in [-0.39, 0.29) is 6.42 Å². The van der Waals surface area contributed by atoms with Gasteiger partial charge in [-0.2, -0.15) is 13.9 Å². The van der Waals surface area contributed by atoms with Crippen molar-refractivity contribution >= 4 is 32.8 Å². The average molecular weight is 297 g/mol. The zero-order valence-corrected chi connectivity index (χ0v) is 11.3. The summed E-state index contributed by atoms with van der Waals surface area (Å²) in [6, 6.07) is 8.30. The van der Waals surface area contributed by atoms with Gasteiger partial charge in [-0.25, -0.2) is 4.79 Å². The van der Waals surface area contributed by atoms with E-state index >= 15 is 0 Å². The van der Waals surface area contributed by atoms with Crippen LogP contribution in [0, 0.1) is 0 Å². The highest BCUT2D eigenvalue weighted by atomic mass is 32.2. The summed E-state index contributed by atoms with van der Waals surface area (Å²) < 4.78 is 21.9. The Morgan fingerprint density at radius 2 is 1.75 bits per heavy atom. The van der Waals surface area contributed by atoms with Crippen molar-refractivity contribution in [1.82, 2.24) is 5.48 Å². The Kier molecular flexibility index (Phi) is 5.60. The highest BCUT2D eigenvalue weighted by molar-refractivity contribution is 7.76. The number of amides is 1. The van der Waals surface area contributed by atoms with E-state index < -0.39 is 32.8 Å². The number of Topliss-reactive ketones (excluding diaryl/α,β-unsaturated/α-hetero) is 1. The van der Waals surface area contributed by atoms with Crippen molar-refractivity contribution in [3.8, 4) is 0 Å². The van der Waals surface area contributed by atoms with Gasteiger partial charge in [-0.1, -0.05) is 30.3 Å². The molecule has 7 nitrogen and oxygen atoms in total. The monoisotopic (exact) mass is 297 g/mol. The first-order valence-electron chi connectivity index (χ1n) is 5.43. The SMILES string of the molecule is CC(=O)NOC(=O)C(C(=O)Cc1ccccc1)=S(=O)=O. The van der Waals surface area contributed by atoms with Crippen LogP contribution in [-0.4, -0.2) is 30.9 Å². The molecule has 0 aliphatic rings. The third-order valence-corrected chi connectivity index (χ3v) is 2.83. The van der Waals surface area contributed by atoms with Gasteiger partial charge in [-0.05, 0) is 5.56 Å². The molecule has 0 aliphatic heterocycles. The van der Waals surface area contributed by atoms with Crippen molar-refractivity contribution in [2.75, 3.05) is 0 Å². The van der Waals surface area contributed by atoms with Crippen LogP contribution in [0.3, 0.4) is 0 Å². The van der Waals surface area contributed by atoms with Gasteiger partial charge in [0.25, 0.3) is 0 Å². The van der Waals surface area contributed by atoms with Gasteiger partial charge in [-0.3, -0.25) is 9.59 Å². The molecular formula is C12H11NO6S. The molecule has 0 spiro atoms. The number of hydroxylamine groups is 1. The summed E-state index contributed by atoms with van der Waals surface area (Å²) in [6.45, 7) is 1.06. The van der Waals surface area contributed by atoms with Gasteiger partial charge in [0.1, 0.15) is 0 Å². The van der Waals surface area contributed by atoms with Crippen LogP contribution in [0.5, 0.6) is 0 Å². The standard InChI is InChI=1S/C12H11NO6S/c1-8(14)13-19-12(16)11(20(17)18)10(15)7-9-5-3-2-4-6-9/h2-6H,7H2,1H3,(H,13,14). The second-order valence-corrected chi connectivity index (χ2v) is 4.57. The lowest BCUT2D eigenvalue weighted by Gasteiger charge is -2.03. The molecule has 106 valence electrons. The molecule has 0 saturated carbocycles. The first kappa shape index (κ1) is 15.6. The van der Waals surface area contributed by atoms with Gasteiger partial charge in [0.2, 0.25) is 21.1 Å². The van der Waals surface area contributed by atoms with Crippen LogP contribution in [0.25, 0.3) is 0 Å². The van der Waals surface area contributed by atoms with Crippen LogP contribution in [0.15, 0.2) is 30.3 Å². The Bertz CT molecular complexity index is 654. The number of carbonyl (C=O) groups is 3. The van der Waals surface area contributed by atoms with Crippen LogP contribution < -0.4 is 5.48 Å². The van der Waals surface area contributed by atoms with Gasteiger partial charge in [0.15, 0.2) is 5.78 Å². The van der Waals surface area contributed by atoms with E-state index in [0.717, 1.165) is 6.92 Å². The van der Waals surface area contributed by atoms with Crippen molar-refractivity contribution in [1.29, 1.82) is 0 Å². The number of carbonyl (C=O) groups excluding carboxylic acids is 3. The molecule has 8 heteroatoms. The number of rotatable bonds is 4. The fourth-order valence-electron chi connectivity index (χ4n) is 1.30. The van der Waals surface area contributed by atoms with Crippen LogP contribution in [0.4, 0.5) is 0 Å². The van der Waals surface area contributed by atoms with Gasteiger partial charge in [-0.15, -0.1) is 0 Å². The highest BCUT2D eigenvalue weighted by Gasteiger charge is 2.24. The van der Waals surface area contributed by atoms with Gasteiger partial charge in [0, 0.05) is 13.3 Å². The predicted molar refractivity (Wildman–Crippen MR) is 69.0 cm³/mol. The summed E-state index contributed by atoms with van der Waals surface area (Å²) in [5.74, 6) is -3.04. The second-order valence-electron chi connectivity index (χ2n) is 3.70. The van der Waals surface area contributed by atoms with Crippen LogP contribution in [-0.2, 0) is 35.9 Å². The fraction of sp³-hybridized carbons (Fsp3) is 0.167. The third kappa shape index (κ3) is 4.65. The van der Waals surface area contributed by atoms with Crippen molar-refractivity contribution in [3.05, 3.63) is 35.9 Å². The van der Waals surface area contributed by atoms with Gasteiger partial charge < -0.3 is 4.84 Å². The molecule has 1 amide bonds. The van der Waals surface area contributed by atoms with E-state index in [0.29, 0.717) is 5.56 Å². The molecule has 0 aromatic heterocycles. The molecule has 1 N–H and O–H groups in total. The maximum Gasteiger partial charge on any atom is 0.382 e. The summed E-state index contributed by atoms with van der Waals surface area (Å²) in [5.41, 5.74) is 2.21. The molecule has 0 saturated heterocycles. The lowest BCUT2D eigenvalue weighted by molar-refractivity contribution is -0.151. The largest absolute Gasteiger partial charge is 0.382 e. The zero-order valence-electron chi connectivity index (χ0n) is 10.5. The smallest absolute Gasteiger partial charge is 0.334 e. The minimum Gasteiger partial charge on any atom is -0.334 e. The summed E-state index contributed by atoms with van der Waals surface area (Å²) in [6.07, 6.45) is -0.265. The fourth-order valence-corrected chi connectivity index (χ4v) is 1.74. The Balaban J connectivity index is 2.88. The quantitative estimate of drug-likeness (QED) is 0.454. The van der Waals surface area contributed by atoms with E-state index in [2.05, 4.69) is 4.84 Å². The molecular weight excluding hydrogens is 286 g/mol. The summed E-state index contributed by atoms with van der Waals surface area (Å²) in [5, 5.41) is 0. The Morgan fingerprint density at radius 1 is 1.15 bits per heavy atom. The molecule has 0 aliphatic carbocycles. The summed E-state index contributed by atoms with van der Waals surface area (Å²) in [4.78, 5) is 37.0. The molecule has 1 aromatic rings. The molecule has 0 radical (unpaired) electrons. The maximum atomic E-state index is 11.8. The molecule has 1 rings (SSSR count). The Morgan fingerprint density at radius 3 is 2.25 bits per heavy atom. The van der Waals surface area contributed by atoms with E-state index in [1.54, 1.807) is 35.8 Å². The average Bonchev–Trinajstić information content (AvgIpc) is 2.37. The lowest BCUT2D eigenvalue weighted by Crippen LogP contribution is -2.34. The number of hydrogen-bond acceptors (Lipinski definition) is 6. The minimum atomic E-state index is -3.06. The number of ketones is 1. The number of hydrogen-bond donors (Lipinski definition) is 1. The van der Waals surface area contributed by atoms with Crippen molar-refractivity contribution in [2.45, 2.75) is 13.3 Å². The molecule has 0 unspecified atom stereocenters.